The van der Waals surface area contributed by atoms with Crippen LogP contribution in [0.5, 0.6) is 11.5 Å². The first-order valence-electron chi connectivity index (χ1n) is 11.5. The summed E-state index contributed by atoms with van der Waals surface area (Å²) >= 11 is 0. The molecule has 34 heavy (non-hydrogen) atoms. The minimum Gasteiger partial charge on any atom is -0.454 e. The Morgan fingerprint density at radius 3 is 2.68 bits per heavy atom. The Morgan fingerprint density at radius 2 is 1.85 bits per heavy atom. The van der Waals surface area contributed by atoms with Crippen LogP contribution in [0.15, 0.2) is 54.7 Å². The number of carbonyl (C=O) groups excluding carboxylic acids is 1. The second-order valence-corrected chi connectivity index (χ2v) is 9.10. The van der Waals surface area contributed by atoms with Crippen molar-refractivity contribution >= 4 is 11.7 Å². The van der Waals surface area contributed by atoms with E-state index in [-0.39, 0.29) is 18.9 Å². The predicted molar refractivity (Wildman–Crippen MR) is 130 cm³/mol. The van der Waals surface area contributed by atoms with Gasteiger partial charge in [0, 0.05) is 31.0 Å². The first-order valence-corrected chi connectivity index (χ1v) is 11.5. The van der Waals surface area contributed by atoms with Crippen LogP contribution in [0, 0.1) is 13.8 Å². The third-order valence-corrected chi connectivity index (χ3v) is 6.63. The topological polar surface area (TPSA) is 68.6 Å². The zero-order valence-electron chi connectivity index (χ0n) is 19.5. The molecule has 2 aromatic rings. The highest BCUT2D eigenvalue weighted by Crippen LogP contribution is 2.43. The van der Waals surface area contributed by atoms with Crippen LogP contribution in [-0.4, -0.2) is 33.8 Å². The molecule has 7 heteroatoms. The van der Waals surface area contributed by atoms with Crippen molar-refractivity contribution in [3.05, 3.63) is 82.7 Å². The van der Waals surface area contributed by atoms with Gasteiger partial charge in [0.25, 0.3) is 0 Å². The van der Waals surface area contributed by atoms with E-state index in [1.807, 2.05) is 73.0 Å². The maximum atomic E-state index is 13.6. The van der Waals surface area contributed by atoms with E-state index in [4.69, 9.17) is 14.5 Å². The molecule has 0 fully saturated rings. The Kier molecular flexibility index (Phi) is 4.72. The summed E-state index contributed by atoms with van der Waals surface area (Å²) in [5.41, 5.74) is 7.22. The largest absolute Gasteiger partial charge is 0.454 e. The molecule has 0 saturated heterocycles. The summed E-state index contributed by atoms with van der Waals surface area (Å²) in [5.74, 6) is 2.34. The van der Waals surface area contributed by atoms with Gasteiger partial charge in [-0.25, -0.2) is 9.78 Å². The molecule has 0 bridgehead atoms. The fourth-order valence-corrected chi connectivity index (χ4v) is 5.18. The predicted octanol–water partition coefficient (Wildman–Crippen LogP) is 5.05. The number of fused-ring (bicyclic) bond motifs is 4. The molecule has 0 saturated carbocycles. The van der Waals surface area contributed by atoms with Crippen LogP contribution in [0.1, 0.15) is 34.0 Å². The quantitative estimate of drug-likeness (QED) is 0.460. The third-order valence-electron chi connectivity index (χ3n) is 6.63. The van der Waals surface area contributed by atoms with E-state index in [0.717, 1.165) is 51.6 Å². The smallest absolute Gasteiger partial charge is 0.322 e. The molecule has 6 rings (SSSR count). The summed E-state index contributed by atoms with van der Waals surface area (Å²) in [6.45, 7) is 4.86. The number of urea groups is 1. The molecular weight excluding hydrogens is 428 g/mol. The fourth-order valence-electron chi connectivity index (χ4n) is 5.18. The van der Waals surface area contributed by atoms with Gasteiger partial charge in [0.15, 0.2) is 11.5 Å². The molecule has 0 aromatic heterocycles. The van der Waals surface area contributed by atoms with Gasteiger partial charge in [0.2, 0.25) is 6.79 Å². The Labute approximate surface area is 198 Å². The van der Waals surface area contributed by atoms with E-state index in [2.05, 4.69) is 17.4 Å². The molecule has 2 aromatic carbocycles. The van der Waals surface area contributed by atoms with Gasteiger partial charge in [-0.1, -0.05) is 12.1 Å². The van der Waals surface area contributed by atoms with Gasteiger partial charge >= 0.3 is 6.03 Å². The number of anilines is 1. The lowest BCUT2D eigenvalue weighted by atomic mass is 9.92. The molecule has 1 unspecified atom stereocenters. The average Bonchev–Trinajstić information content (AvgIpc) is 3.42. The highest BCUT2D eigenvalue weighted by molar-refractivity contribution is 5.90. The molecule has 2 amide bonds. The Morgan fingerprint density at radius 1 is 1.06 bits per heavy atom. The van der Waals surface area contributed by atoms with Gasteiger partial charge in [0.05, 0.1) is 5.69 Å². The number of hydrogen-bond donors (Lipinski definition) is 1. The molecule has 4 aliphatic rings. The molecule has 4 heterocycles. The monoisotopic (exact) mass is 454 g/mol. The van der Waals surface area contributed by atoms with Gasteiger partial charge in [-0.2, -0.15) is 0 Å². The molecule has 1 atom stereocenters. The second-order valence-electron chi connectivity index (χ2n) is 9.10. The zero-order chi connectivity index (χ0) is 23.4. The van der Waals surface area contributed by atoms with E-state index in [1.54, 1.807) is 0 Å². The molecule has 4 aliphatic heterocycles. The lowest BCUT2D eigenvalue weighted by Gasteiger charge is -2.35. The SMILES string of the molecule is Cc1cc(C)cc(NC(=O)N2CCc3c4cccn(C)c-4nc3C2c2ccc3c(c2)OCO3)c1. The van der Waals surface area contributed by atoms with E-state index < -0.39 is 0 Å². The van der Waals surface area contributed by atoms with Crippen LogP contribution in [-0.2, 0) is 13.5 Å². The van der Waals surface area contributed by atoms with Gasteiger partial charge in [0.1, 0.15) is 11.9 Å². The van der Waals surface area contributed by atoms with Gasteiger partial charge < -0.3 is 24.3 Å². The van der Waals surface area contributed by atoms with Crippen molar-refractivity contribution in [2.24, 2.45) is 7.05 Å². The number of amides is 2. The number of aryl methyl sites for hydroxylation is 3. The van der Waals surface area contributed by atoms with Gasteiger partial charge in [-0.05, 0) is 78.9 Å². The highest BCUT2D eigenvalue weighted by atomic mass is 16.7. The minimum absolute atomic E-state index is 0.144. The van der Waals surface area contributed by atoms with Crippen LogP contribution < -0.4 is 14.8 Å². The molecule has 1 N–H and O–H groups in total. The summed E-state index contributed by atoms with van der Waals surface area (Å²) in [5, 5.41) is 3.12. The van der Waals surface area contributed by atoms with E-state index >= 15 is 0 Å². The van der Waals surface area contributed by atoms with Crippen LogP contribution in [0.3, 0.4) is 0 Å². The van der Waals surface area contributed by atoms with Crippen molar-refractivity contribution in [2.75, 3.05) is 18.7 Å². The standard InChI is InChI=1S/C27H26N4O3/c1-16-11-17(2)13-19(12-16)28-27(32)31-10-8-20-21-5-4-9-30(3)26(21)29-24(20)25(31)18-6-7-22-23(14-18)34-15-33-22/h4-7,9,11-14,25H,8,10,15H2,1-3H3,(H,28,32). The number of nitrogens with zero attached hydrogens (tertiary/aromatic N) is 3. The molecule has 0 aliphatic carbocycles. The first-order chi connectivity index (χ1) is 16.5. The highest BCUT2D eigenvalue weighted by Gasteiger charge is 2.37. The van der Waals surface area contributed by atoms with Gasteiger partial charge in [-0.15, -0.1) is 0 Å². The zero-order valence-corrected chi connectivity index (χ0v) is 19.5. The number of benzene rings is 2. The van der Waals surface area contributed by atoms with Crippen LogP contribution in [0.25, 0.3) is 11.4 Å². The van der Waals surface area contributed by atoms with E-state index in [9.17, 15) is 4.79 Å². The maximum absolute atomic E-state index is 13.6. The van der Waals surface area contributed by atoms with Crippen molar-refractivity contribution in [3.63, 3.8) is 0 Å². The second kappa shape index (κ2) is 7.80. The molecule has 172 valence electrons. The Bertz CT molecular complexity index is 1370. The number of rotatable bonds is 2. The minimum atomic E-state index is -0.337. The van der Waals surface area contributed by atoms with Crippen molar-refractivity contribution in [1.82, 2.24) is 14.5 Å². The summed E-state index contributed by atoms with van der Waals surface area (Å²) < 4.78 is 13.2. The Balaban J connectivity index is 1.45. The third kappa shape index (κ3) is 3.36. The number of pyridine rings is 1. The van der Waals surface area contributed by atoms with Crippen LogP contribution in [0.4, 0.5) is 10.5 Å². The van der Waals surface area contributed by atoms with Gasteiger partial charge in [-0.3, -0.25) is 0 Å². The summed E-state index contributed by atoms with van der Waals surface area (Å²) in [6.07, 6.45) is 2.75. The maximum Gasteiger partial charge on any atom is 0.322 e. The number of ether oxygens (including phenoxy) is 2. The molecule has 0 spiro atoms. The summed E-state index contributed by atoms with van der Waals surface area (Å²) in [6, 6.07) is 15.6. The lowest BCUT2D eigenvalue weighted by molar-refractivity contribution is 0.173. The number of carbonyl (C=O) groups is 1. The van der Waals surface area contributed by atoms with Crippen molar-refractivity contribution in [1.29, 1.82) is 0 Å². The lowest BCUT2D eigenvalue weighted by Crippen LogP contribution is -2.43. The normalized spacial score (nSPS) is 16.6. The molecule has 7 nitrogen and oxygen atoms in total. The van der Waals surface area contributed by atoms with Crippen LogP contribution >= 0.6 is 0 Å². The fraction of sp³-hybridized carbons (Fsp3) is 0.259. The van der Waals surface area contributed by atoms with E-state index in [0.29, 0.717) is 12.3 Å². The van der Waals surface area contributed by atoms with Crippen molar-refractivity contribution in [3.8, 4) is 22.9 Å². The summed E-state index contributed by atoms with van der Waals surface area (Å²) in [7, 11) is 2.00. The molecular formula is C27H26N4O3. The van der Waals surface area contributed by atoms with E-state index in [1.165, 1.54) is 5.56 Å². The first kappa shape index (κ1) is 20.6. The van der Waals surface area contributed by atoms with Crippen LogP contribution in [0.2, 0.25) is 0 Å². The van der Waals surface area contributed by atoms with Crippen molar-refractivity contribution in [2.45, 2.75) is 26.3 Å². The molecule has 0 radical (unpaired) electrons. The number of nitrogens with one attached hydrogen (secondary N) is 1. The summed E-state index contributed by atoms with van der Waals surface area (Å²) in [4.78, 5) is 20.5. The number of hydrogen-bond acceptors (Lipinski definition) is 4. The van der Waals surface area contributed by atoms with Crippen molar-refractivity contribution < 1.29 is 14.3 Å². The Hall–Kier alpha value is -4.00. The average molecular weight is 455 g/mol. The number of aromatic nitrogens is 2.